The van der Waals surface area contributed by atoms with Crippen LogP contribution in [-0.4, -0.2) is 6.04 Å². The largest absolute Gasteiger partial charge is 0.328 e. The van der Waals surface area contributed by atoms with Crippen molar-refractivity contribution >= 4 is 0 Å². The highest BCUT2D eigenvalue weighted by Gasteiger charge is 2.23. The van der Waals surface area contributed by atoms with Crippen molar-refractivity contribution in [1.29, 1.82) is 0 Å². The second kappa shape index (κ2) is 4.45. The third-order valence-corrected chi connectivity index (χ3v) is 3.97. The Bertz CT molecular complexity index is 135. The summed E-state index contributed by atoms with van der Waals surface area (Å²) in [7, 11) is 0. The van der Waals surface area contributed by atoms with Gasteiger partial charge in [0.25, 0.3) is 0 Å². The monoisotopic (exact) mass is 181 g/mol. The van der Waals surface area contributed by atoms with E-state index in [9.17, 15) is 0 Å². The Morgan fingerprint density at radius 3 is 1.69 bits per heavy atom. The molecule has 0 heterocycles. The summed E-state index contributed by atoms with van der Waals surface area (Å²) in [5, 5.41) is 0. The number of nitrogens with two attached hydrogens (primary N) is 1. The van der Waals surface area contributed by atoms with E-state index in [1.54, 1.807) is 0 Å². The first-order chi connectivity index (χ1) is 6.34. The lowest BCUT2D eigenvalue weighted by atomic mass is 9.83. The van der Waals surface area contributed by atoms with E-state index in [-0.39, 0.29) is 0 Å². The van der Waals surface area contributed by atoms with Crippen molar-refractivity contribution < 1.29 is 0 Å². The summed E-state index contributed by atoms with van der Waals surface area (Å²) in [6, 6.07) is 0.522. The molecule has 1 nitrogen and oxygen atoms in total. The van der Waals surface area contributed by atoms with Crippen LogP contribution >= 0.6 is 0 Å². The first-order valence-electron chi connectivity index (χ1n) is 6.10. The number of hydrogen-bond donors (Lipinski definition) is 1. The Kier molecular flexibility index (Phi) is 3.26. The molecule has 3 fully saturated rings. The zero-order valence-electron chi connectivity index (χ0n) is 8.67. The molecule has 13 heavy (non-hydrogen) atoms. The molecule has 0 spiro atoms. The summed E-state index contributed by atoms with van der Waals surface area (Å²) in [6.45, 7) is 0. The van der Waals surface area contributed by atoms with Crippen LogP contribution in [0.25, 0.3) is 0 Å². The summed E-state index contributed by atoms with van der Waals surface area (Å²) < 4.78 is 0. The van der Waals surface area contributed by atoms with Crippen LogP contribution in [-0.2, 0) is 0 Å². The molecule has 76 valence electrons. The van der Waals surface area contributed by atoms with Gasteiger partial charge >= 0.3 is 0 Å². The van der Waals surface area contributed by atoms with Gasteiger partial charge in [0.1, 0.15) is 0 Å². The Hall–Kier alpha value is -0.0400. The lowest BCUT2D eigenvalue weighted by Crippen LogP contribution is -2.27. The minimum Gasteiger partial charge on any atom is -0.328 e. The summed E-state index contributed by atoms with van der Waals surface area (Å²) >= 11 is 0. The standard InChI is InChI=1S/C12H23N/c13-12-8-10-4-1-2-5-11(9-12)7-3-6-10/h10-12H,1-9,13H2. The van der Waals surface area contributed by atoms with Crippen LogP contribution in [0.4, 0.5) is 0 Å². The zero-order valence-corrected chi connectivity index (χ0v) is 8.67. The molecular formula is C12H23N. The van der Waals surface area contributed by atoms with Gasteiger partial charge in [0.2, 0.25) is 0 Å². The predicted molar refractivity (Wildman–Crippen MR) is 56.5 cm³/mol. The smallest absolute Gasteiger partial charge is 0.00441 e. The molecule has 3 saturated carbocycles. The lowest BCUT2D eigenvalue weighted by molar-refractivity contribution is 0.293. The third-order valence-electron chi connectivity index (χ3n) is 3.97. The average Bonchev–Trinajstić information content (AvgIpc) is 2.20. The molecule has 0 aliphatic heterocycles. The summed E-state index contributed by atoms with van der Waals surface area (Å²) in [4.78, 5) is 0. The normalized spacial score (nSPS) is 41.8. The first kappa shape index (κ1) is 9.51. The van der Waals surface area contributed by atoms with Crippen LogP contribution in [0.1, 0.15) is 57.8 Å². The molecule has 2 atom stereocenters. The van der Waals surface area contributed by atoms with Gasteiger partial charge in [-0.1, -0.05) is 44.9 Å². The highest BCUT2D eigenvalue weighted by molar-refractivity contribution is 4.78. The number of fused-ring (bicyclic) bond motifs is 7. The Morgan fingerprint density at radius 2 is 1.15 bits per heavy atom. The Balaban J connectivity index is 2.02. The van der Waals surface area contributed by atoms with Crippen LogP contribution in [0.2, 0.25) is 0 Å². The van der Waals surface area contributed by atoms with Crippen molar-refractivity contribution in [2.24, 2.45) is 17.6 Å². The Morgan fingerprint density at radius 1 is 0.692 bits per heavy atom. The van der Waals surface area contributed by atoms with Crippen molar-refractivity contribution in [3.05, 3.63) is 0 Å². The van der Waals surface area contributed by atoms with Crippen molar-refractivity contribution in [1.82, 2.24) is 0 Å². The second-order valence-electron chi connectivity index (χ2n) is 5.18. The van der Waals surface area contributed by atoms with E-state index in [1.165, 1.54) is 57.8 Å². The van der Waals surface area contributed by atoms with Crippen molar-refractivity contribution in [2.75, 3.05) is 0 Å². The van der Waals surface area contributed by atoms with E-state index in [0.717, 1.165) is 11.8 Å². The molecule has 1 heteroatoms. The van der Waals surface area contributed by atoms with E-state index in [4.69, 9.17) is 5.73 Å². The van der Waals surface area contributed by atoms with Crippen LogP contribution in [0.5, 0.6) is 0 Å². The third kappa shape index (κ3) is 2.70. The van der Waals surface area contributed by atoms with E-state index in [0.29, 0.717) is 6.04 Å². The highest BCUT2D eigenvalue weighted by atomic mass is 14.6. The molecule has 3 aliphatic rings. The van der Waals surface area contributed by atoms with Gasteiger partial charge in [0.05, 0.1) is 0 Å². The van der Waals surface area contributed by atoms with Crippen LogP contribution in [0, 0.1) is 11.8 Å². The van der Waals surface area contributed by atoms with Gasteiger partial charge in [-0.3, -0.25) is 0 Å². The molecule has 0 saturated heterocycles. The summed E-state index contributed by atoms with van der Waals surface area (Å²) in [5.41, 5.74) is 6.16. The molecule has 0 aromatic rings. The molecule has 0 aromatic heterocycles. The van der Waals surface area contributed by atoms with E-state index >= 15 is 0 Å². The highest BCUT2D eigenvalue weighted by Crippen LogP contribution is 2.33. The molecule has 2 unspecified atom stereocenters. The summed E-state index contributed by atoms with van der Waals surface area (Å²) in [6.07, 6.45) is 12.9. The van der Waals surface area contributed by atoms with Gasteiger partial charge in [-0.2, -0.15) is 0 Å². The van der Waals surface area contributed by atoms with Gasteiger partial charge < -0.3 is 5.73 Å². The molecule has 2 N–H and O–H groups in total. The van der Waals surface area contributed by atoms with Crippen molar-refractivity contribution in [3.8, 4) is 0 Å². The van der Waals surface area contributed by atoms with Gasteiger partial charge in [-0.25, -0.2) is 0 Å². The maximum atomic E-state index is 6.16. The molecule has 0 aromatic carbocycles. The maximum Gasteiger partial charge on any atom is 0.00441 e. The number of hydrogen-bond acceptors (Lipinski definition) is 1. The molecule has 3 rings (SSSR count). The maximum absolute atomic E-state index is 6.16. The first-order valence-corrected chi connectivity index (χ1v) is 6.10. The minimum atomic E-state index is 0.522. The van der Waals surface area contributed by atoms with Gasteiger partial charge in [0.15, 0.2) is 0 Å². The van der Waals surface area contributed by atoms with Crippen molar-refractivity contribution in [3.63, 3.8) is 0 Å². The van der Waals surface area contributed by atoms with E-state index in [1.807, 2.05) is 0 Å². The van der Waals surface area contributed by atoms with E-state index < -0.39 is 0 Å². The SMILES string of the molecule is NC1CC2CCCCC(CCC2)C1. The fourth-order valence-electron chi connectivity index (χ4n) is 3.27. The topological polar surface area (TPSA) is 26.0 Å². The van der Waals surface area contributed by atoms with E-state index in [2.05, 4.69) is 0 Å². The quantitative estimate of drug-likeness (QED) is 0.610. The van der Waals surface area contributed by atoms with Gasteiger partial charge in [-0.05, 0) is 24.7 Å². The molecule has 3 aliphatic carbocycles. The molecular weight excluding hydrogens is 158 g/mol. The number of rotatable bonds is 0. The zero-order chi connectivity index (χ0) is 9.10. The fraction of sp³-hybridized carbons (Fsp3) is 1.00. The molecule has 0 radical (unpaired) electrons. The minimum absolute atomic E-state index is 0.522. The van der Waals surface area contributed by atoms with Gasteiger partial charge in [0, 0.05) is 6.04 Å². The van der Waals surface area contributed by atoms with Crippen LogP contribution < -0.4 is 5.73 Å². The van der Waals surface area contributed by atoms with Gasteiger partial charge in [-0.15, -0.1) is 0 Å². The van der Waals surface area contributed by atoms with Crippen LogP contribution in [0.15, 0.2) is 0 Å². The summed E-state index contributed by atoms with van der Waals surface area (Å²) in [5.74, 6) is 1.93. The predicted octanol–water partition coefficient (Wildman–Crippen LogP) is 3.08. The lowest BCUT2D eigenvalue weighted by Gasteiger charge is -2.26. The van der Waals surface area contributed by atoms with Crippen LogP contribution in [0.3, 0.4) is 0 Å². The fourth-order valence-corrected chi connectivity index (χ4v) is 3.27. The Labute approximate surface area is 82.1 Å². The molecule has 2 bridgehead atoms. The van der Waals surface area contributed by atoms with Crippen molar-refractivity contribution in [2.45, 2.75) is 63.8 Å². The molecule has 0 amide bonds. The average molecular weight is 181 g/mol. The second-order valence-corrected chi connectivity index (χ2v) is 5.18.